The maximum absolute atomic E-state index is 9.72. The van der Waals surface area contributed by atoms with E-state index in [1.807, 2.05) is 44.7 Å². The SMILES string of the molecule is C.C#C.C=C.C=C(O)c1ccc(C2=CCC3(C)C(CC[C@H]4C5CCC6(NC)CCCC6C5CCC43)C2C)cc1.C=CC.C=CCN.CC.CCC.CCSC(C)(C)CC. The second kappa shape index (κ2) is 32.3. The minimum atomic E-state index is 0. The number of allylic oxidation sites excluding steroid dienone is 3. The zero-order valence-corrected chi connectivity index (χ0v) is 40.9. The van der Waals surface area contributed by atoms with Crippen molar-refractivity contribution in [3.05, 3.63) is 86.5 Å². The normalized spacial score (nSPS) is 28.9. The zero-order valence-electron chi connectivity index (χ0n) is 40.1. The summed E-state index contributed by atoms with van der Waals surface area (Å²) in [5, 5.41) is 13.6. The number of aliphatic hydroxyl groups excluding tert-OH is 1. The van der Waals surface area contributed by atoms with E-state index in [0.717, 1.165) is 41.1 Å². The quantitative estimate of drug-likeness (QED) is 0.145. The van der Waals surface area contributed by atoms with Crippen LogP contribution in [0.5, 0.6) is 0 Å². The lowest BCUT2D eigenvalue weighted by molar-refractivity contribution is -0.111. The van der Waals surface area contributed by atoms with Crippen molar-refractivity contribution in [3.63, 3.8) is 0 Å². The monoisotopic (exact) mass is 835 g/mol. The number of aliphatic hydroxyl groups is 1. The number of fused-ring (bicyclic) bond motifs is 7. The van der Waals surface area contributed by atoms with Gasteiger partial charge in [0.05, 0.1) is 0 Å². The Hall–Kier alpha value is -2.45. The van der Waals surface area contributed by atoms with E-state index in [9.17, 15) is 5.11 Å². The molecule has 0 heterocycles. The van der Waals surface area contributed by atoms with E-state index in [1.54, 1.807) is 12.2 Å². The minimum absolute atomic E-state index is 0. The first-order chi connectivity index (χ1) is 27.7. The third kappa shape index (κ3) is 16.7. The van der Waals surface area contributed by atoms with Gasteiger partial charge in [0.1, 0.15) is 5.76 Å². The molecule has 5 aliphatic carbocycles. The van der Waals surface area contributed by atoms with E-state index in [-0.39, 0.29) is 13.2 Å². The number of terminal acetylenes is 1. The fourth-order valence-corrected chi connectivity index (χ4v) is 12.0. The maximum Gasteiger partial charge on any atom is 0.115 e. The summed E-state index contributed by atoms with van der Waals surface area (Å²) in [6.07, 6.45) is 30.8. The van der Waals surface area contributed by atoms with Gasteiger partial charge in [-0.2, -0.15) is 11.8 Å². The highest BCUT2D eigenvalue weighted by Gasteiger charge is 2.59. The lowest BCUT2D eigenvalue weighted by atomic mass is 9.43. The number of nitrogens with one attached hydrogen (secondary N) is 1. The van der Waals surface area contributed by atoms with Crippen LogP contribution in [0.25, 0.3) is 11.3 Å². The fraction of sp³-hybridized carbons (Fsp3) is 0.673. The van der Waals surface area contributed by atoms with E-state index in [4.69, 9.17) is 5.73 Å². The third-order valence-electron chi connectivity index (χ3n) is 13.7. The highest BCUT2D eigenvalue weighted by Crippen LogP contribution is 2.66. The van der Waals surface area contributed by atoms with Gasteiger partial charge in [0, 0.05) is 22.4 Å². The van der Waals surface area contributed by atoms with Gasteiger partial charge in [-0.25, -0.2) is 0 Å². The van der Waals surface area contributed by atoms with Crippen molar-refractivity contribution < 1.29 is 5.11 Å². The Balaban J connectivity index is -0.00000105. The molecule has 0 bridgehead atoms. The van der Waals surface area contributed by atoms with Crippen LogP contribution in [0.15, 0.2) is 75.4 Å². The second-order valence-electron chi connectivity index (χ2n) is 17.2. The van der Waals surface area contributed by atoms with Crippen molar-refractivity contribution in [2.24, 2.45) is 52.6 Å². The van der Waals surface area contributed by atoms with Crippen molar-refractivity contribution >= 4 is 23.1 Å². The molecule has 4 N–H and O–H groups in total. The molecule has 4 saturated carbocycles. The Morgan fingerprint density at radius 2 is 1.41 bits per heavy atom. The Morgan fingerprint density at radius 1 is 0.915 bits per heavy atom. The van der Waals surface area contributed by atoms with Crippen LogP contribution in [-0.4, -0.2) is 34.7 Å². The largest absolute Gasteiger partial charge is 0.508 e. The lowest BCUT2D eigenvalue weighted by Crippen LogP contribution is -2.59. The van der Waals surface area contributed by atoms with Crippen LogP contribution in [0.2, 0.25) is 0 Å². The van der Waals surface area contributed by atoms with Gasteiger partial charge >= 0.3 is 0 Å². The first-order valence-corrected chi connectivity index (χ1v) is 24.0. The van der Waals surface area contributed by atoms with Gasteiger partial charge in [0.2, 0.25) is 0 Å². The molecule has 0 amide bonds. The van der Waals surface area contributed by atoms with Crippen LogP contribution < -0.4 is 11.1 Å². The first-order valence-electron chi connectivity index (χ1n) is 23.0. The standard InChI is InChI=1S/C32H45NO.C7H16S.C3H7N.C3H8.C3H6.C2H6.C2H4.C2H2.CH4/c1-20-24(23-9-7-22(8-10-23)21(2)34)15-18-31(3)28(20)13-11-26-25-16-19-32(33-4)17-5-6-30(32)27(25)12-14-29(26)31;1-5-7(3,4)8-6-2;1-2-3-4;2*1-3-2;3*1-2;/h7-10,15,20,25-30,33-34H,2,5-6,11-14,16-19H2,1,3-4H3;5-6H2,1-4H3;2H,1,3-4H2;3H2,1-2H3;3H,1H2,2H3;1-2H3;1-2H2;1-2H;1H4/t20?,25?,26-,27?,28?,29?,30?,31?,32?;;;;;;;;/m0......../s1. The van der Waals surface area contributed by atoms with Crippen molar-refractivity contribution in [3.8, 4) is 12.8 Å². The molecule has 1 aromatic carbocycles. The summed E-state index contributed by atoms with van der Waals surface area (Å²) < 4.78 is 0.509. The van der Waals surface area contributed by atoms with Crippen LogP contribution in [0, 0.1) is 59.7 Å². The van der Waals surface area contributed by atoms with E-state index < -0.39 is 0 Å². The number of rotatable bonds is 7. The van der Waals surface area contributed by atoms with E-state index in [0.29, 0.717) is 28.2 Å². The Bertz CT molecular complexity index is 1310. The smallest absolute Gasteiger partial charge is 0.115 e. The third-order valence-corrected chi connectivity index (χ3v) is 15.0. The van der Waals surface area contributed by atoms with E-state index >= 15 is 0 Å². The summed E-state index contributed by atoms with van der Waals surface area (Å²) in [5.41, 5.74) is 9.54. The van der Waals surface area contributed by atoms with Gasteiger partial charge in [-0.15, -0.1) is 39.2 Å². The molecule has 5 aliphatic rings. The maximum atomic E-state index is 9.72. The molecule has 9 atom stereocenters. The Morgan fingerprint density at radius 3 is 1.83 bits per heavy atom. The van der Waals surface area contributed by atoms with Crippen molar-refractivity contribution in [2.75, 3.05) is 19.3 Å². The topological polar surface area (TPSA) is 58.3 Å². The van der Waals surface area contributed by atoms with Crippen LogP contribution in [0.1, 0.15) is 172 Å². The molecule has 4 heteroatoms. The van der Waals surface area contributed by atoms with Gasteiger partial charge in [-0.05, 0) is 142 Å². The van der Waals surface area contributed by atoms with Crippen LogP contribution in [0.4, 0.5) is 0 Å². The summed E-state index contributed by atoms with van der Waals surface area (Å²) in [5.74, 6) is 7.59. The number of hydrogen-bond donors (Lipinski definition) is 3. The molecular formula is C55H98N2OS. The molecule has 0 saturated heterocycles. The lowest BCUT2D eigenvalue weighted by Gasteiger charge is -2.62. The average Bonchev–Trinajstić information content (AvgIpc) is 3.69. The molecule has 4 fully saturated rings. The van der Waals surface area contributed by atoms with Gasteiger partial charge < -0.3 is 16.2 Å². The Kier molecular flexibility index (Phi) is 33.3. The molecule has 1 aromatic rings. The highest BCUT2D eigenvalue weighted by molar-refractivity contribution is 8.00. The zero-order chi connectivity index (χ0) is 45.1. The fourth-order valence-electron chi connectivity index (χ4n) is 11.0. The van der Waals surface area contributed by atoms with Crippen molar-refractivity contribution in [2.45, 2.75) is 171 Å². The predicted molar refractivity (Wildman–Crippen MR) is 275 cm³/mol. The Labute approximate surface area is 374 Å². The minimum Gasteiger partial charge on any atom is -0.508 e. The molecule has 340 valence electrons. The molecule has 0 spiro atoms. The molecule has 3 nitrogen and oxygen atoms in total. The summed E-state index contributed by atoms with van der Waals surface area (Å²) in [4.78, 5) is 0. The molecule has 0 aliphatic heterocycles. The molecule has 6 rings (SSSR count). The van der Waals surface area contributed by atoms with Crippen molar-refractivity contribution in [1.82, 2.24) is 5.32 Å². The molecule has 8 unspecified atom stereocenters. The number of benzene rings is 1. The molecular weight excluding hydrogens is 737 g/mol. The summed E-state index contributed by atoms with van der Waals surface area (Å²) in [6.45, 7) is 41.3. The number of hydrogen-bond acceptors (Lipinski definition) is 4. The van der Waals surface area contributed by atoms with Gasteiger partial charge in [-0.1, -0.05) is 139 Å². The van der Waals surface area contributed by atoms with Gasteiger partial charge in [0.15, 0.2) is 0 Å². The van der Waals surface area contributed by atoms with Gasteiger partial charge in [-0.3, -0.25) is 0 Å². The number of thioether (sulfide) groups is 1. The number of nitrogens with two attached hydrogens (primary N) is 1. The molecule has 0 radical (unpaired) electrons. The summed E-state index contributed by atoms with van der Waals surface area (Å²) in [7, 11) is 2.25. The van der Waals surface area contributed by atoms with Crippen LogP contribution in [-0.2, 0) is 0 Å². The first kappa shape index (κ1) is 60.9. The summed E-state index contributed by atoms with van der Waals surface area (Å²) in [6, 6.07) is 8.43. The van der Waals surface area contributed by atoms with E-state index in [2.05, 4.69) is 132 Å². The van der Waals surface area contributed by atoms with Gasteiger partial charge in [0.25, 0.3) is 0 Å². The van der Waals surface area contributed by atoms with Crippen LogP contribution >= 0.6 is 11.8 Å². The molecule has 59 heavy (non-hydrogen) atoms. The second-order valence-corrected chi connectivity index (χ2v) is 19.1. The van der Waals surface area contributed by atoms with E-state index in [1.165, 1.54) is 93.9 Å². The summed E-state index contributed by atoms with van der Waals surface area (Å²) >= 11 is 2.03. The van der Waals surface area contributed by atoms with Crippen LogP contribution in [0.3, 0.4) is 0 Å². The van der Waals surface area contributed by atoms with Crippen molar-refractivity contribution in [1.29, 1.82) is 0 Å². The molecule has 0 aromatic heterocycles. The highest BCUT2D eigenvalue weighted by atomic mass is 32.2. The average molecular weight is 835 g/mol. The predicted octanol–water partition coefficient (Wildman–Crippen LogP) is 16.2.